The van der Waals surface area contributed by atoms with E-state index in [-0.39, 0.29) is 12.1 Å². The number of rotatable bonds is 5. The largest absolute Gasteiger partial charge is 0.468 e. The molecule has 1 aliphatic rings. The first kappa shape index (κ1) is 18.1. The lowest BCUT2D eigenvalue weighted by Crippen LogP contribution is -2.44. The first-order valence-electron chi connectivity index (χ1n) is 7.98. The molecule has 1 aromatic carbocycles. The second-order valence-electron chi connectivity index (χ2n) is 5.64. The SMILES string of the molecule is O=C(NCC(c1ccco1)N1CCOCC1)Nc1ccc(Cl)c(Cl)c1. The number of ether oxygens (including phenoxy) is 1. The molecule has 0 radical (unpaired) electrons. The Hall–Kier alpha value is -1.73. The van der Waals surface area contributed by atoms with E-state index in [0.29, 0.717) is 35.5 Å². The fourth-order valence-corrected chi connectivity index (χ4v) is 3.02. The third kappa shape index (κ3) is 4.89. The fraction of sp³-hybridized carbons (Fsp3) is 0.353. The number of hydrogen-bond donors (Lipinski definition) is 2. The molecule has 1 saturated heterocycles. The molecule has 1 aromatic heterocycles. The first-order chi connectivity index (χ1) is 12.1. The van der Waals surface area contributed by atoms with E-state index in [9.17, 15) is 4.79 Å². The van der Waals surface area contributed by atoms with Crippen molar-refractivity contribution in [2.45, 2.75) is 6.04 Å². The Labute approximate surface area is 156 Å². The zero-order valence-electron chi connectivity index (χ0n) is 13.5. The summed E-state index contributed by atoms with van der Waals surface area (Å²) in [6, 6.07) is 8.34. The summed E-state index contributed by atoms with van der Waals surface area (Å²) >= 11 is 11.8. The van der Waals surface area contributed by atoms with Gasteiger partial charge in [-0.2, -0.15) is 0 Å². The van der Waals surface area contributed by atoms with Crippen molar-refractivity contribution in [2.24, 2.45) is 0 Å². The predicted octanol–water partition coefficient (Wildman–Crippen LogP) is 3.78. The average molecular weight is 384 g/mol. The molecule has 0 bridgehead atoms. The van der Waals surface area contributed by atoms with E-state index < -0.39 is 0 Å². The summed E-state index contributed by atoms with van der Waals surface area (Å²) in [5.74, 6) is 0.816. The Morgan fingerprint density at radius 2 is 2.00 bits per heavy atom. The summed E-state index contributed by atoms with van der Waals surface area (Å²) in [5, 5.41) is 6.46. The first-order valence-corrected chi connectivity index (χ1v) is 8.74. The summed E-state index contributed by atoms with van der Waals surface area (Å²) in [7, 11) is 0. The lowest BCUT2D eigenvalue weighted by atomic mass is 10.1. The fourth-order valence-electron chi connectivity index (χ4n) is 2.72. The number of halogens is 2. The number of amides is 2. The molecule has 1 atom stereocenters. The molecule has 8 heteroatoms. The van der Waals surface area contributed by atoms with E-state index in [0.717, 1.165) is 18.8 Å². The number of carbonyl (C=O) groups excluding carboxylic acids is 1. The number of nitrogens with one attached hydrogen (secondary N) is 2. The predicted molar refractivity (Wildman–Crippen MR) is 97.3 cm³/mol. The maximum absolute atomic E-state index is 12.2. The Kier molecular flexibility index (Phi) is 6.20. The Morgan fingerprint density at radius 3 is 2.68 bits per heavy atom. The summed E-state index contributed by atoms with van der Waals surface area (Å²) in [6.07, 6.45) is 1.64. The summed E-state index contributed by atoms with van der Waals surface area (Å²) in [6.45, 7) is 3.35. The van der Waals surface area contributed by atoms with Crippen molar-refractivity contribution in [3.63, 3.8) is 0 Å². The molecule has 2 N–H and O–H groups in total. The highest BCUT2D eigenvalue weighted by Crippen LogP contribution is 2.25. The van der Waals surface area contributed by atoms with E-state index in [4.69, 9.17) is 32.4 Å². The van der Waals surface area contributed by atoms with Crippen LogP contribution in [0.25, 0.3) is 0 Å². The van der Waals surface area contributed by atoms with Crippen molar-refractivity contribution < 1.29 is 13.9 Å². The van der Waals surface area contributed by atoms with Gasteiger partial charge in [0.05, 0.1) is 35.6 Å². The smallest absolute Gasteiger partial charge is 0.319 e. The Morgan fingerprint density at radius 1 is 1.20 bits per heavy atom. The molecule has 1 fully saturated rings. The van der Waals surface area contributed by atoms with Crippen LogP contribution in [0.15, 0.2) is 41.0 Å². The van der Waals surface area contributed by atoms with E-state index in [1.54, 1.807) is 24.5 Å². The van der Waals surface area contributed by atoms with Crippen molar-refractivity contribution in [1.82, 2.24) is 10.2 Å². The van der Waals surface area contributed by atoms with Crippen molar-refractivity contribution in [1.29, 1.82) is 0 Å². The summed E-state index contributed by atoms with van der Waals surface area (Å²) < 4.78 is 10.9. The number of furan rings is 1. The van der Waals surface area contributed by atoms with Gasteiger partial charge in [0.1, 0.15) is 5.76 Å². The van der Waals surface area contributed by atoms with Gasteiger partial charge in [0.15, 0.2) is 0 Å². The molecule has 3 rings (SSSR count). The van der Waals surface area contributed by atoms with Crippen LogP contribution in [0.2, 0.25) is 10.0 Å². The molecule has 1 aliphatic heterocycles. The quantitative estimate of drug-likeness (QED) is 0.824. The Bertz CT molecular complexity index is 703. The normalized spacial score (nSPS) is 16.4. The molecular formula is C17H19Cl2N3O3. The maximum atomic E-state index is 12.2. The van der Waals surface area contributed by atoms with Gasteiger partial charge >= 0.3 is 6.03 Å². The zero-order valence-corrected chi connectivity index (χ0v) is 15.0. The molecule has 0 saturated carbocycles. The van der Waals surface area contributed by atoms with Gasteiger partial charge in [-0.15, -0.1) is 0 Å². The number of anilines is 1. The van der Waals surface area contributed by atoms with Crippen LogP contribution in [0.4, 0.5) is 10.5 Å². The number of morpholine rings is 1. The van der Waals surface area contributed by atoms with Crippen LogP contribution in [0.5, 0.6) is 0 Å². The number of hydrogen-bond acceptors (Lipinski definition) is 4. The van der Waals surface area contributed by atoms with Gasteiger partial charge in [-0.1, -0.05) is 23.2 Å². The number of benzene rings is 1. The minimum Gasteiger partial charge on any atom is -0.468 e. The van der Waals surface area contributed by atoms with Crippen molar-refractivity contribution in [2.75, 3.05) is 38.2 Å². The standard InChI is InChI=1S/C17H19Cl2N3O3/c18-13-4-3-12(10-14(13)19)21-17(23)20-11-15(16-2-1-7-25-16)22-5-8-24-9-6-22/h1-4,7,10,15H,5-6,8-9,11H2,(H2,20,21,23). The van der Waals surface area contributed by atoms with Crippen LogP contribution in [0.3, 0.4) is 0 Å². The number of urea groups is 1. The highest BCUT2D eigenvalue weighted by Gasteiger charge is 2.25. The van der Waals surface area contributed by atoms with Gasteiger partial charge in [0.25, 0.3) is 0 Å². The molecule has 2 heterocycles. The molecule has 1 unspecified atom stereocenters. The molecule has 25 heavy (non-hydrogen) atoms. The zero-order chi connectivity index (χ0) is 17.6. The van der Waals surface area contributed by atoms with Crippen molar-refractivity contribution in [3.8, 4) is 0 Å². The molecule has 134 valence electrons. The van der Waals surface area contributed by atoms with E-state index in [2.05, 4.69) is 15.5 Å². The molecule has 2 aromatic rings. The van der Waals surface area contributed by atoms with Crippen LogP contribution >= 0.6 is 23.2 Å². The van der Waals surface area contributed by atoms with Crippen LogP contribution in [0.1, 0.15) is 11.8 Å². The minimum atomic E-state index is -0.316. The van der Waals surface area contributed by atoms with Gasteiger partial charge < -0.3 is 19.8 Å². The minimum absolute atomic E-state index is 0.0431. The highest BCUT2D eigenvalue weighted by atomic mass is 35.5. The number of nitrogens with zero attached hydrogens (tertiary/aromatic N) is 1. The topological polar surface area (TPSA) is 66.7 Å². The number of carbonyl (C=O) groups is 1. The lowest BCUT2D eigenvalue weighted by molar-refractivity contribution is 0.0124. The summed E-state index contributed by atoms with van der Waals surface area (Å²) in [5.41, 5.74) is 0.577. The van der Waals surface area contributed by atoms with Gasteiger partial charge in [-0.3, -0.25) is 4.90 Å². The monoisotopic (exact) mass is 383 g/mol. The van der Waals surface area contributed by atoms with Crippen LogP contribution in [-0.4, -0.2) is 43.8 Å². The van der Waals surface area contributed by atoms with E-state index >= 15 is 0 Å². The van der Waals surface area contributed by atoms with Gasteiger partial charge in [0, 0.05) is 25.3 Å². The van der Waals surface area contributed by atoms with E-state index in [1.165, 1.54) is 0 Å². The second kappa shape index (κ2) is 8.58. The molecular weight excluding hydrogens is 365 g/mol. The van der Waals surface area contributed by atoms with Crippen molar-refractivity contribution >= 4 is 34.9 Å². The van der Waals surface area contributed by atoms with Gasteiger partial charge in [0.2, 0.25) is 0 Å². The summed E-state index contributed by atoms with van der Waals surface area (Å²) in [4.78, 5) is 14.4. The van der Waals surface area contributed by atoms with Crippen molar-refractivity contribution in [3.05, 3.63) is 52.4 Å². The molecule has 2 amide bonds. The van der Waals surface area contributed by atoms with E-state index in [1.807, 2.05) is 12.1 Å². The third-order valence-corrected chi connectivity index (χ3v) is 4.73. The molecule has 0 aliphatic carbocycles. The maximum Gasteiger partial charge on any atom is 0.319 e. The third-order valence-electron chi connectivity index (χ3n) is 3.99. The lowest BCUT2D eigenvalue weighted by Gasteiger charge is -2.33. The van der Waals surface area contributed by atoms with Crippen LogP contribution in [-0.2, 0) is 4.74 Å². The highest BCUT2D eigenvalue weighted by molar-refractivity contribution is 6.42. The molecule has 6 nitrogen and oxygen atoms in total. The average Bonchev–Trinajstić information content (AvgIpc) is 3.14. The van der Waals surface area contributed by atoms with Crippen LogP contribution < -0.4 is 10.6 Å². The van der Waals surface area contributed by atoms with Gasteiger partial charge in [-0.05, 0) is 30.3 Å². The molecule has 0 spiro atoms. The van der Waals surface area contributed by atoms with Crippen LogP contribution in [0, 0.1) is 0 Å². The Balaban J connectivity index is 1.60. The van der Waals surface area contributed by atoms with Gasteiger partial charge in [-0.25, -0.2) is 4.79 Å². The second-order valence-corrected chi connectivity index (χ2v) is 6.46.